The normalized spacial score (nSPS) is 13.8. The molecule has 4 amide bonds. The van der Waals surface area contributed by atoms with Gasteiger partial charge in [-0.25, -0.2) is 0 Å². The van der Waals surface area contributed by atoms with Crippen LogP contribution >= 0.6 is 0 Å². The van der Waals surface area contributed by atoms with Crippen molar-refractivity contribution < 1.29 is 42.0 Å². The number of nitro groups is 2. The quantitative estimate of drug-likeness (QED) is 0.0398. The van der Waals surface area contributed by atoms with Crippen LogP contribution in [0, 0.1) is 34.1 Å². The molecule has 0 aliphatic carbocycles. The molecule has 0 spiro atoms. The Balaban J connectivity index is 0.000000997. The Morgan fingerprint density at radius 3 is 1.41 bits per heavy atom. The molecule has 2 aromatic heterocycles. The maximum atomic E-state index is 13.7. The SMILES string of the molecule is CS(=O)(=O)O.Cc1cnc2c(c1)cc1c3c(cc([N+](=O)[O-])cc32)C(=O)N(CCCCNCCCN2C(=O)c3cc([N+](=O)[O-])cc4c3c(cc3cc(C)cnc34)C2=O)C1=O. The molecule has 4 aromatic carbocycles. The topological polar surface area (TPSA) is 253 Å². The lowest BCUT2D eigenvalue weighted by atomic mass is 9.91. The zero-order valence-electron chi connectivity index (χ0n) is 31.8. The molecular weight excluding hydrogens is 787 g/mol. The monoisotopic (exact) mass is 821 g/mol. The number of aryl methyl sites for hydroxylation is 2. The van der Waals surface area contributed by atoms with Crippen LogP contribution in [0.1, 0.15) is 71.8 Å². The van der Waals surface area contributed by atoms with Crippen molar-refractivity contribution in [2.75, 3.05) is 32.4 Å². The van der Waals surface area contributed by atoms with Gasteiger partial charge in [0.25, 0.3) is 45.1 Å². The highest BCUT2D eigenvalue weighted by molar-refractivity contribution is 7.85. The van der Waals surface area contributed by atoms with Crippen molar-refractivity contribution in [1.29, 1.82) is 0 Å². The van der Waals surface area contributed by atoms with Crippen molar-refractivity contribution in [3.63, 3.8) is 0 Å². The van der Waals surface area contributed by atoms with E-state index in [9.17, 15) is 47.8 Å². The van der Waals surface area contributed by atoms with Crippen LogP contribution in [0.4, 0.5) is 11.4 Å². The molecule has 8 rings (SSSR count). The number of aromatic nitrogens is 2. The Morgan fingerprint density at radius 1 is 0.627 bits per heavy atom. The van der Waals surface area contributed by atoms with E-state index in [0.717, 1.165) is 20.9 Å². The lowest BCUT2D eigenvalue weighted by Gasteiger charge is -2.28. The van der Waals surface area contributed by atoms with Crippen LogP contribution in [0.3, 0.4) is 0 Å². The van der Waals surface area contributed by atoms with Crippen molar-refractivity contribution in [3.8, 4) is 0 Å². The fraction of sp³-hybridized carbons (Fsp3) is 0.250. The van der Waals surface area contributed by atoms with Crippen molar-refractivity contribution >= 4 is 88.5 Å². The number of benzene rings is 4. The van der Waals surface area contributed by atoms with Gasteiger partial charge in [0, 0.05) is 93.2 Å². The van der Waals surface area contributed by atoms with Crippen LogP contribution in [0.25, 0.3) is 43.4 Å². The zero-order valence-corrected chi connectivity index (χ0v) is 32.7. The number of non-ortho nitro benzene ring substituents is 2. The number of amides is 4. The summed E-state index contributed by atoms with van der Waals surface area (Å²) < 4.78 is 25.9. The average Bonchev–Trinajstić information content (AvgIpc) is 3.17. The van der Waals surface area contributed by atoms with E-state index in [-0.39, 0.29) is 41.2 Å². The number of nitrogens with zero attached hydrogens (tertiary/aromatic N) is 6. The summed E-state index contributed by atoms with van der Waals surface area (Å²) in [6, 6.07) is 12.2. The third kappa shape index (κ3) is 7.77. The second-order valence-electron chi connectivity index (χ2n) is 14.4. The molecule has 0 saturated heterocycles. The molecule has 18 nitrogen and oxygen atoms in total. The van der Waals surface area contributed by atoms with Gasteiger partial charge < -0.3 is 5.32 Å². The van der Waals surface area contributed by atoms with Crippen molar-refractivity contribution in [2.45, 2.75) is 33.1 Å². The number of carbonyl (C=O) groups is 4. The van der Waals surface area contributed by atoms with Gasteiger partial charge in [-0.15, -0.1) is 0 Å². The molecule has 59 heavy (non-hydrogen) atoms. The van der Waals surface area contributed by atoms with E-state index >= 15 is 0 Å². The second-order valence-corrected chi connectivity index (χ2v) is 15.9. The van der Waals surface area contributed by atoms with Gasteiger partial charge in [-0.3, -0.25) is 63.7 Å². The first-order valence-corrected chi connectivity index (χ1v) is 20.2. The molecular formula is C40H35N7O11S. The van der Waals surface area contributed by atoms with Crippen LogP contribution < -0.4 is 5.32 Å². The molecule has 0 unspecified atom stereocenters. The first-order chi connectivity index (χ1) is 27.9. The predicted molar refractivity (Wildman–Crippen MR) is 216 cm³/mol. The number of pyridine rings is 2. The molecule has 2 aliphatic rings. The first kappa shape index (κ1) is 40.4. The maximum Gasteiger partial charge on any atom is 0.270 e. The summed E-state index contributed by atoms with van der Waals surface area (Å²) in [6.45, 7) is 4.84. The predicted octanol–water partition coefficient (Wildman–Crippen LogP) is 5.68. The summed E-state index contributed by atoms with van der Waals surface area (Å²) in [5.74, 6) is -2.16. The highest BCUT2D eigenvalue weighted by Crippen LogP contribution is 2.39. The average molecular weight is 822 g/mol. The van der Waals surface area contributed by atoms with Crippen molar-refractivity contribution in [1.82, 2.24) is 25.1 Å². The third-order valence-electron chi connectivity index (χ3n) is 10.0. The van der Waals surface area contributed by atoms with Gasteiger partial charge in [0.2, 0.25) is 0 Å². The molecule has 0 atom stereocenters. The highest BCUT2D eigenvalue weighted by atomic mass is 32.2. The third-order valence-corrected chi connectivity index (χ3v) is 10.0. The standard InChI is InChI=1S/C39H31N7O8.CH4O3S/c1-20-10-22-12-28-32-26(34(22)41-18-20)14-24(45(51)52)16-30(32)38(49)43(36(28)47)8-4-3-6-40-7-5-9-44-37(48)29-13-23-11-21(2)19-42-35(23)27-15-25(46(53)54)17-31(33(27)29)39(44)50;1-5(2,3)4/h10-19,40H,3-9H2,1-2H3;1H3,(H,2,3,4). The molecule has 19 heteroatoms. The lowest BCUT2D eigenvalue weighted by Crippen LogP contribution is -2.42. The number of nitro benzene ring substituents is 2. The largest absolute Gasteiger partial charge is 0.317 e. The van der Waals surface area contributed by atoms with Crippen LogP contribution in [-0.4, -0.2) is 98.6 Å². The summed E-state index contributed by atoms with van der Waals surface area (Å²) in [7, 11) is -3.67. The van der Waals surface area contributed by atoms with Gasteiger partial charge in [0.05, 0.1) is 38.3 Å². The van der Waals surface area contributed by atoms with E-state index in [0.29, 0.717) is 87.5 Å². The Morgan fingerprint density at radius 2 is 1.00 bits per heavy atom. The number of hydrogen-bond donors (Lipinski definition) is 2. The van der Waals surface area contributed by atoms with Gasteiger partial charge in [0.15, 0.2) is 0 Å². The Bertz CT molecular complexity index is 2780. The Hall–Kier alpha value is -6.83. The minimum atomic E-state index is -3.67. The number of hydrogen-bond acceptors (Lipinski definition) is 13. The molecule has 2 N–H and O–H groups in total. The fourth-order valence-electron chi connectivity index (χ4n) is 7.58. The number of nitrogens with one attached hydrogen (secondary N) is 1. The van der Waals surface area contributed by atoms with E-state index in [1.807, 2.05) is 26.0 Å². The minimum absolute atomic E-state index is 0.0794. The summed E-state index contributed by atoms with van der Waals surface area (Å²) in [5, 5.41) is 29.6. The van der Waals surface area contributed by atoms with Gasteiger partial charge in [-0.05, 0) is 81.6 Å². The number of rotatable bonds is 11. The number of carbonyl (C=O) groups excluding carboxylic acids is 4. The van der Waals surface area contributed by atoms with E-state index < -0.39 is 43.6 Å². The zero-order chi connectivity index (χ0) is 42.5. The molecule has 302 valence electrons. The smallest absolute Gasteiger partial charge is 0.270 e. The van der Waals surface area contributed by atoms with Crippen LogP contribution in [0.15, 0.2) is 60.9 Å². The molecule has 2 aliphatic heterocycles. The molecule has 0 radical (unpaired) electrons. The number of unbranched alkanes of at least 4 members (excludes halogenated alkanes) is 1. The maximum absolute atomic E-state index is 13.7. The summed E-state index contributed by atoms with van der Waals surface area (Å²) >= 11 is 0. The van der Waals surface area contributed by atoms with Gasteiger partial charge in [-0.1, -0.05) is 0 Å². The fourth-order valence-corrected chi connectivity index (χ4v) is 7.58. The van der Waals surface area contributed by atoms with Crippen LogP contribution in [0.2, 0.25) is 0 Å². The van der Waals surface area contributed by atoms with E-state index in [4.69, 9.17) is 4.55 Å². The van der Waals surface area contributed by atoms with Gasteiger partial charge >= 0.3 is 0 Å². The summed E-state index contributed by atoms with van der Waals surface area (Å²) in [6.07, 6.45) is 5.43. The van der Waals surface area contributed by atoms with E-state index in [2.05, 4.69) is 15.3 Å². The van der Waals surface area contributed by atoms with Gasteiger partial charge in [-0.2, -0.15) is 8.42 Å². The summed E-state index contributed by atoms with van der Waals surface area (Å²) in [4.78, 5) is 88.2. The Labute approximate surface area is 334 Å². The van der Waals surface area contributed by atoms with Crippen molar-refractivity contribution in [2.24, 2.45) is 0 Å². The molecule has 0 saturated carbocycles. The molecule has 0 bridgehead atoms. The minimum Gasteiger partial charge on any atom is -0.317 e. The van der Waals surface area contributed by atoms with E-state index in [1.165, 1.54) is 24.3 Å². The van der Waals surface area contributed by atoms with Crippen LogP contribution in [0.5, 0.6) is 0 Å². The lowest BCUT2D eigenvalue weighted by molar-refractivity contribution is -0.384. The van der Waals surface area contributed by atoms with Gasteiger partial charge in [0.1, 0.15) is 0 Å². The summed E-state index contributed by atoms with van der Waals surface area (Å²) in [5.41, 5.74) is 2.89. The second kappa shape index (κ2) is 15.5. The van der Waals surface area contributed by atoms with E-state index in [1.54, 1.807) is 24.5 Å². The van der Waals surface area contributed by atoms with Crippen molar-refractivity contribution in [3.05, 3.63) is 115 Å². The Kier molecular flexibility index (Phi) is 10.6. The first-order valence-electron chi connectivity index (χ1n) is 18.3. The number of imide groups is 2. The molecule has 4 heterocycles. The van der Waals surface area contributed by atoms with Crippen LogP contribution in [-0.2, 0) is 10.1 Å². The molecule has 6 aromatic rings. The molecule has 0 fully saturated rings. The number of fused-ring (bicyclic) bond motifs is 4. The highest BCUT2D eigenvalue weighted by Gasteiger charge is 2.37.